The van der Waals surface area contributed by atoms with Gasteiger partial charge in [0.1, 0.15) is 0 Å². The fourth-order valence-electron chi connectivity index (χ4n) is 2.63. The molecule has 0 aliphatic carbocycles. The molecule has 0 saturated carbocycles. The summed E-state index contributed by atoms with van der Waals surface area (Å²) in [7, 11) is 0. The second-order valence-corrected chi connectivity index (χ2v) is 5.08. The van der Waals surface area contributed by atoms with E-state index in [1.54, 1.807) is 0 Å². The Morgan fingerprint density at radius 2 is 2.19 bits per heavy atom. The van der Waals surface area contributed by atoms with E-state index in [1.165, 1.54) is 5.69 Å². The first-order chi connectivity index (χ1) is 7.71. The molecule has 0 bridgehead atoms. The van der Waals surface area contributed by atoms with Crippen molar-refractivity contribution in [2.24, 2.45) is 5.41 Å². The smallest absolute Gasteiger partial charge is 0.0853 e. The Kier molecular flexibility index (Phi) is 2.16. The predicted octanol–water partition coefficient (Wildman–Crippen LogP) is 0.292. The first kappa shape index (κ1) is 10.1. The van der Waals surface area contributed by atoms with E-state index in [-0.39, 0.29) is 6.61 Å². The second-order valence-electron chi connectivity index (χ2n) is 5.08. The lowest BCUT2D eigenvalue weighted by molar-refractivity contribution is 0.121. The number of hydrogen-bond donors (Lipinski definition) is 2. The Morgan fingerprint density at radius 1 is 1.44 bits per heavy atom. The molecule has 0 unspecified atom stereocenters. The van der Waals surface area contributed by atoms with Crippen molar-refractivity contribution >= 4 is 5.69 Å². The van der Waals surface area contributed by atoms with Gasteiger partial charge in [0.2, 0.25) is 0 Å². The maximum absolute atomic E-state index is 9.13. The Hall–Kier alpha value is -1.13. The summed E-state index contributed by atoms with van der Waals surface area (Å²) < 4.78 is 0. The molecule has 16 heavy (non-hydrogen) atoms. The average molecular weight is 219 g/mol. The van der Waals surface area contributed by atoms with Crippen molar-refractivity contribution in [2.75, 3.05) is 31.1 Å². The molecule has 2 N–H and O–H groups in total. The average Bonchev–Trinajstić information content (AvgIpc) is 2.12. The molecule has 1 aromatic heterocycles. The molecule has 2 aliphatic rings. The van der Waals surface area contributed by atoms with Crippen LogP contribution in [0.2, 0.25) is 0 Å². The van der Waals surface area contributed by atoms with Crippen molar-refractivity contribution < 1.29 is 5.11 Å². The predicted molar refractivity (Wildman–Crippen MR) is 62.4 cm³/mol. The first-order valence-electron chi connectivity index (χ1n) is 5.75. The van der Waals surface area contributed by atoms with Gasteiger partial charge in [-0.25, -0.2) is 0 Å². The van der Waals surface area contributed by atoms with Crippen LogP contribution in [-0.2, 0) is 6.61 Å². The zero-order chi connectivity index (χ0) is 11.2. The maximum atomic E-state index is 9.13. The first-order valence-corrected chi connectivity index (χ1v) is 5.75. The molecule has 2 fully saturated rings. The minimum absolute atomic E-state index is 0.0230. The van der Waals surface area contributed by atoms with Crippen LogP contribution in [0.3, 0.4) is 0 Å². The van der Waals surface area contributed by atoms with E-state index in [1.807, 2.05) is 13.0 Å². The number of aryl methyl sites for hydroxylation is 1. The minimum Gasteiger partial charge on any atom is -0.390 e. The van der Waals surface area contributed by atoms with E-state index >= 15 is 0 Å². The van der Waals surface area contributed by atoms with Gasteiger partial charge in [0.25, 0.3) is 0 Å². The number of hydrogen-bond acceptors (Lipinski definition) is 4. The number of pyridine rings is 1. The third kappa shape index (κ3) is 1.49. The van der Waals surface area contributed by atoms with Gasteiger partial charge in [0.15, 0.2) is 0 Å². The normalized spacial score (nSPS) is 21.8. The topological polar surface area (TPSA) is 48.4 Å². The third-order valence-electron chi connectivity index (χ3n) is 3.57. The minimum atomic E-state index is 0.0230. The van der Waals surface area contributed by atoms with Gasteiger partial charge in [-0.05, 0) is 19.1 Å². The number of aromatic nitrogens is 1. The fraction of sp³-hybridized carbons (Fsp3) is 0.583. The number of aliphatic hydroxyl groups is 1. The van der Waals surface area contributed by atoms with Gasteiger partial charge >= 0.3 is 0 Å². The number of rotatable bonds is 2. The molecule has 2 saturated heterocycles. The summed E-state index contributed by atoms with van der Waals surface area (Å²) >= 11 is 0. The largest absolute Gasteiger partial charge is 0.390 e. The molecule has 0 atom stereocenters. The molecule has 4 nitrogen and oxygen atoms in total. The van der Waals surface area contributed by atoms with E-state index in [9.17, 15) is 0 Å². The molecule has 3 heterocycles. The lowest BCUT2D eigenvalue weighted by atomic mass is 9.74. The summed E-state index contributed by atoms with van der Waals surface area (Å²) in [6.45, 7) is 6.57. The molecule has 1 aromatic rings. The van der Waals surface area contributed by atoms with Crippen LogP contribution >= 0.6 is 0 Å². The maximum Gasteiger partial charge on any atom is 0.0853 e. The number of nitrogens with zero attached hydrogens (tertiary/aromatic N) is 2. The van der Waals surface area contributed by atoms with Crippen LogP contribution in [0.1, 0.15) is 11.4 Å². The number of nitrogens with one attached hydrogen (secondary N) is 1. The van der Waals surface area contributed by atoms with Crippen LogP contribution in [0.25, 0.3) is 0 Å². The zero-order valence-electron chi connectivity index (χ0n) is 9.53. The van der Waals surface area contributed by atoms with E-state index in [2.05, 4.69) is 21.3 Å². The van der Waals surface area contributed by atoms with Crippen LogP contribution in [0.15, 0.2) is 12.1 Å². The molecule has 2 aliphatic heterocycles. The highest BCUT2D eigenvalue weighted by atomic mass is 16.3. The summed E-state index contributed by atoms with van der Waals surface area (Å²) in [6, 6.07) is 4.09. The standard InChI is InChI=1S/C12H17N3O/c1-9-2-11(3-10(4-16)14-9)15-7-12(8-15)5-13-6-12/h2-3,13,16H,4-8H2,1H3. The van der Waals surface area contributed by atoms with Gasteiger partial charge in [-0.3, -0.25) is 4.98 Å². The van der Waals surface area contributed by atoms with Gasteiger partial charge in [0, 0.05) is 43.0 Å². The van der Waals surface area contributed by atoms with Gasteiger partial charge in [-0.15, -0.1) is 0 Å². The van der Waals surface area contributed by atoms with E-state index in [0.29, 0.717) is 5.41 Å². The molecular weight excluding hydrogens is 202 g/mol. The lowest BCUT2D eigenvalue weighted by Gasteiger charge is -2.57. The Bertz CT molecular complexity index is 407. The molecule has 1 spiro atoms. The molecule has 0 aromatic carbocycles. The van der Waals surface area contributed by atoms with Crippen molar-refractivity contribution in [1.29, 1.82) is 0 Å². The van der Waals surface area contributed by atoms with E-state index < -0.39 is 0 Å². The number of anilines is 1. The van der Waals surface area contributed by atoms with Crippen LogP contribution in [0.4, 0.5) is 5.69 Å². The highest BCUT2D eigenvalue weighted by Gasteiger charge is 2.47. The molecular formula is C12H17N3O. The summed E-state index contributed by atoms with van der Waals surface area (Å²) in [6.07, 6.45) is 0. The quantitative estimate of drug-likeness (QED) is 0.750. The monoisotopic (exact) mass is 219 g/mol. The summed E-state index contributed by atoms with van der Waals surface area (Å²) in [4.78, 5) is 6.64. The van der Waals surface area contributed by atoms with Crippen LogP contribution < -0.4 is 10.2 Å². The van der Waals surface area contributed by atoms with E-state index in [0.717, 1.165) is 37.6 Å². The van der Waals surface area contributed by atoms with Crippen molar-refractivity contribution in [2.45, 2.75) is 13.5 Å². The Labute approximate surface area is 95.3 Å². The van der Waals surface area contributed by atoms with Crippen LogP contribution in [0.5, 0.6) is 0 Å². The van der Waals surface area contributed by atoms with Gasteiger partial charge < -0.3 is 15.3 Å². The molecule has 86 valence electrons. The fourth-order valence-corrected chi connectivity index (χ4v) is 2.63. The van der Waals surface area contributed by atoms with Crippen LogP contribution in [0, 0.1) is 12.3 Å². The SMILES string of the molecule is Cc1cc(N2CC3(CNC3)C2)cc(CO)n1. The van der Waals surface area contributed by atoms with Crippen molar-refractivity contribution in [3.63, 3.8) is 0 Å². The molecule has 3 rings (SSSR count). The summed E-state index contributed by atoms with van der Waals surface area (Å²) in [5, 5.41) is 12.5. The highest BCUT2D eigenvalue weighted by molar-refractivity contribution is 5.52. The lowest BCUT2D eigenvalue weighted by Crippen LogP contribution is -2.71. The van der Waals surface area contributed by atoms with Gasteiger partial charge in [-0.1, -0.05) is 0 Å². The number of aliphatic hydroxyl groups excluding tert-OH is 1. The summed E-state index contributed by atoms with van der Waals surface area (Å²) in [5.74, 6) is 0. The molecule has 0 amide bonds. The second kappa shape index (κ2) is 3.43. The third-order valence-corrected chi connectivity index (χ3v) is 3.57. The Balaban J connectivity index is 1.77. The van der Waals surface area contributed by atoms with Crippen molar-refractivity contribution in [3.8, 4) is 0 Å². The van der Waals surface area contributed by atoms with Crippen LogP contribution in [-0.4, -0.2) is 36.3 Å². The Morgan fingerprint density at radius 3 is 2.75 bits per heavy atom. The zero-order valence-corrected chi connectivity index (χ0v) is 9.53. The van der Waals surface area contributed by atoms with E-state index in [4.69, 9.17) is 5.11 Å². The van der Waals surface area contributed by atoms with Crippen molar-refractivity contribution in [3.05, 3.63) is 23.5 Å². The van der Waals surface area contributed by atoms with Gasteiger partial charge in [0.05, 0.1) is 12.3 Å². The molecule has 4 heteroatoms. The van der Waals surface area contributed by atoms with Crippen molar-refractivity contribution in [1.82, 2.24) is 10.3 Å². The summed E-state index contributed by atoms with van der Waals surface area (Å²) in [5.41, 5.74) is 3.49. The highest BCUT2D eigenvalue weighted by Crippen LogP contribution is 2.37. The van der Waals surface area contributed by atoms with Gasteiger partial charge in [-0.2, -0.15) is 0 Å². The molecule has 0 radical (unpaired) electrons.